The van der Waals surface area contributed by atoms with E-state index in [9.17, 15) is 9.90 Å². The van der Waals surface area contributed by atoms with Gasteiger partial charge in [0.1, 0.15) is 11.4 Å². The number of nitrogens with one attached hydrogen (secondary N) is 1. The zero-order valence-corrected chi connectivity index (χ0v) is 15.4. The molecule has 2 aromatic carbocycles. The van der Waals surface area contributed by atoms with Gasteiger partial charge in [-0.3, -0.25) is 4.79 Å². The lowest BCUT2D eigenvalue weighted by molar-refractivity contribution is 0.0189. The highest BCUT2D eigenvalue weighted by Crippen LogP contribution is 2.36. The Labute approximate surface area is 156 Å². The second-order valence-electron chi connectivity index (χ2n) is 6.74. The van der Waals surface area contributed by atoms with Crippen molar-refractivity contribution in [1.82, 2.24) is 5.32 Å². The molecular weight excluding hydrogens is 346 g/mol. The Bertz CT molecular complexity index is 932. The minimum absolute atomic E-state index is 0.139. The number of ether oxygens (including phenoxy) is 1. The van der Waals surface area contributed by atoms with E-state index in [1.54, 1.807) is 7.11 Å². The van der Waals surface area contributed by atoms with E-state index in [0.717, 1.165) is 39.8 Å². The summed E-state index contributed by atoms with van der Waals surface area (Å²) >= 11 is 1.47. The fraction of sp³-hybridized carbons (Fsp3) is 0.286. The van der Waals surface area contributed by atoms with E-state index in [2.05, 4.69) is 5.32 Å². The van der Waals surface area contributed by atoms with Crippen LogP contribution in [0.4, 0.5) is 0 Å². The Morgan fingerprint density at radius 3 is 2.92 bits per heavy atom. The van der Waals surface area contributed by atoms with Crippen LogP contribution in [0.3, 0.4) is 0 Å². The lowest BCUT2D eigenvalue weighted by atomic mass is 9.79. The van der Waals surface area contributed by atoms with Crippen molar-refractivity contribution in [3.8, 4) is 5.75 Å². The molecule has 0 bridgehead atoms. The molecule has 1 amide bonds. The minimum Gasteiger partial charge on any atom is -0.497 e. The topological polar surface area (TPSA) is 58.6 Å². The summed E-state index contributed by atoms with van der Waals surface area (Å²) in [6.07, 6.45) is 2.44. The maximum atomic E-state index is 12.6. The number of aliphatic hydroxyl groups is 1. The number of aryl methyl sites for hydroxylation is 1. The van der Waals surface area contributed by atoms with Gasteiger partial charge in [-0.1, -0.05) is 24.3 Å². The Hall–Kier alpha value is -2.37. The van der Waals surface area contributed by atoms with Gasteiger partial charge in [-0.25, -0.2) is 0 Å². The van der Waals surface area contributed by atoms with Crippen LogP contribution in [-0.4, -0.2) is 24.7 Å². The minimum atomic E-state index is -1.04. The Morgan fingerprint density at radius 1 is 1.27 bits per heavy atom. The van der Waals surface area contributed by atoms with Crippen LogP contribution in [0.2, 0.25) is 0 Å². The molecule has 1 atom stereocenters. The summed E-state index contributed by atoms with van der Waals surface area (Å²) in [5.74, 6) is 0.655. The molecule has 0 fully saturated rings. The van der Waals surface area contributed by atoms with Crippen LogP contribution in [0.1, 0.15) is 33.6 Å². The van der Waals surface area contributed by atoms with Crippen molar-refractivity contribution in [3.05, 3.63) is 64.5 Å². The van der Waals surface area contributed by atoms with Crippen molar-refractivity contribution in [1.29, 1.82) is 0 Å². The molecule has 1 aliphatic rings. The zero-order valence-electron chi connectivity index (χ0n) is 14.6. The SMILES string of the molecule is COc1ccc2c(c1)CCC[C@@]2(O)CNC(=O)c1cc2ccccc2s1. The molecule has 4 nitrogen and oxygen atoms in total. The van der Waals surface area contributed by atoms with Gasteiger partial charge < -0.3 is 15.2 Å². The number of fused-ring (bicyclic) bond motifs is 2. The first kappa shape index (κ1) is 17.1. The van der Waals surface area contributed by atoms with Crippen LogP contribution >= 0.6 is 11.3 Å². The molecule has 0 radical (unpaired) electrons. The van der Waals surface area contributed by atoms with Gasteiger partial charge in [0.2, 0.25) is 0 Å². The van der Waals surface area contributed by atoms with Gasteiger partial charge in [-0.2, -0.15) is 0 Å². The number of carbonyl (C=O) groups excluding carboxylic acids is 1. The highest BCUT2D eigenvalue weighted by atomic mass is 32.1. The van der Waals surface area contributed by atoms with Crippen molar-refractivity contribution in [2.24, 2.45) is 0 Å². The fourth-order valence-corrected chi connectivity index (χ4v) is 4.63. The van der Waals surface area contributed by atoms with Crippen LogP contribution in [0, 0.1) is 0 Å². The first-order chi connectivity index (χ1) is 12.6. The number of methoxy groups -OCH3 is 1. The molecule has 0 saturated carbocycles. The van der Waals surface area contributed by atoms with Crippen LogP contribution < -0.4 is 10.1 Å². The van der Waals surface area contributed by atoms with Crippen LogP contribution in [0.15, 0.2) is 48.5 Å². The number of hydrogen-bond acceptors (Lipinski definition) is 4. The summed E-state index contributed by atoms with van der Waals surface area (Å²) < 4.78 is 6.37. The second-order valence-corrected chi connectivity index (χ2v) is 7.82. The average molecular weight is 367 g/mol. The first-order valence-electron chi connectivity index (χ1n) is 8.76. The molecule has 1 aromatic heterocycles. The van der Waals surface area contributed by atoms with Gasteiger partial charge in [-0.15, -0.1) is 11.3 Å². The van der Waals surface area contributed by atoms with E-state index in [0.29, 0.717) is 11.3 Å². The van der Waals surface area contributed by atoms with E-state index >= 15 is 0 Å². The van der Waals surface area contributed by atoms with E-state index < -0.39 is 5.60 Å². The molecule has 4 rings (SSSR count). The van der Waals surface area contributed by atoms with Crippen molar-refractivity contribution >= 4 is 27.3 Å². The maximum absolute atomic E-state index is 12.6. The predicted octanol–water partition coefficient (Wildman–Crippen LogP) is 3.86. The number of rotatable bonds is 4. The first-order valence-corrected chi connectivity index (χ1v) is 9.57. The average Bonchev–Trinajstić information content (AvgIpc) is 3.10. The molecule has 5 heteroatoms. The number of hydrogen-bond donors (Lipinski definition) is 2. The van der Waals surface area contributed by atoms with Crippen molar-refractivity contribution in [2.45, 2.75) is 24.9 Å². The van der Waals surface area contributed by atoms with E-state index in [4.69, 9.17) is 4.74 Å². The smallest absolute Gasteiger partial charge is 0.261 e. The van der Waals surface area contributed by atoms with Gasteiger partial charge in [-0.05, 0) is 60.0 Å². The third-order valence-electron chi connectivity index (χ3n) is 5.04. The second kappa shape index (κ2) is 6.74. The third kappa shape index (κ3) is 3.08. The molecule has 0 spiro atoms. The molecule has 0 unspecified atom stereocenters. The number of thiophene rings is 1. The Morgan fingerprint density at radius 2 is 2.12 bits per heavy atom. The van der Waals surface area contributed by atoms with Gasteiger partial charge in [0.05, 0.1) is 18.5 Å². The van der Waals surface area contributed by atoms with Crippen molar-refractivity contribution < 1.29 is 14.6 Å². The zero-order chi connectivity index (χ0) is 18.1. The summed E-state index contributed by atoms with van der Waals surface area (Å²) in [7, 11) is 1.64. The fourth-order valence-electron chi connectivity index (χ4n) is 3.65. The highest BCUT2D eigenvalue weighted by molar-refractivity contribution is 7.20. The standard InChI is InChI=1S/C21H21NO3S/c1-25-16-8-9-17-14(11-16)6-4-10-21(17,24)13-22-20(23)19-12-15-5-2-3-7-18(15)26-19/h2-3,5,7-9,11-12,24H,4,6,10,13H2,1H3,(H,22,23)/t21-/m1/s1. The molecule has 1 heterocycles. The molecule has 26 heavy (non-hydrogen) atoms. The third-order valence-corrected chi connectivity index (χ3v) is 6.16. The molecule has 2 N–H and O–H groups in total. The van der Waals surface area contributed by atoms with Gasteiger partial charge >= 0.3 is 0 Å². The normalized spacial score (nSPS) is 19.2. The van der Waals surface area contributed by atoms with E-state index in [-0.39, 0.29) is 12.5 Å². The van der Waals surface area contributed by atoms with Gasteiger partial charge in [0, 0.05) is 4.70 Å². The largest absolute Gasteiger partial charge is 0.497 e. The molecule has 0 saturated heterocycles. The molecular formula is C21H21NO3S. The summed E-state index contributed by atoms with van der Waals surface area (Å²) in [6, 6.07) is 15.6. The van der Waals surface area contributed by atoms with Crippen molar-refractivity contribution in [3.63, 3.8) is 0 Å². The summed E-state index contributed by atoms with van der Waals surface area (Å²) in [5.41, 5.74) is 0.946. The van der Waals surface area contributed by atoms with Gasteiger partial charge in [0.15, 0.2) is 0 Å². The summed E-state index contributed by atoms with van der Waals surface area (Å²) in [4.78, 5) is 13.2. The monoisotopic (exact) mass is 367 g/mol. The summed E-state index contributed by atoms with van der Waals surface area (Å²) in [5, 5.41) is 15.2. The van der Waals surface area contributed by atoms with Crippen LogP contribution in [0.5, 0.6) is 5.75 Å². The van der Waals surface area contributed by atoms with Gasteiger partial charge in [0.25, 0.3) is 5.91 Å². The van der Waals surface area contributed by atoms with E-state index in [1.165, 1.54) is 11.3 Å². The Kier molecular flexibility index (Phi) is 4.42. The predicted molar refractivity (Wildman–Crippen MR) is 104 cm³/mol. The molecule has 0 aliphatic heterocycles. The molecule has 1 aliphatic carbocycles. The van der Waals surface area contributed by atoms with Crippen LogP contribution in [0.25, 0.3) is 10.1 Å². The maximum Gasteiger partial charge on any atom is 0.261 e. The lowest BCUT2D eigenvalue weighted by Crippen LogP contribution is -2.42. The highest BCUT2D eigenvalue weighted by Gasteiger charge is 2.35. The molecule has 3 aromatic rings. The van der Waals surface area contributed by atoms with E-state index in [1.807, 2.05) is 48.5 Å². The van der Waals surface area contributed by atoms with Crippen molar-refractivity contribution in [2.75, 3.05) is 13.7 Å². The number of carbonyl (C=O) groups is 1. The summed E-state index contributed by atoms with van der Waals surface area (Å²) in [6.45, 7) is 0.208. The quantitative estimate of drug-likeness (QED) is 0.736. The Balaban J connectivity index is 1.53. The number of amides is 1. The lowest BCUT2D eigenvalue weighted by Gasteiger charge is -2.34. The number of benzene rings is 2. The molecule has 134 valence electrons. The van der Waals surface area contributed by atoms with Crippen LogP contribution in [-0.2, 0) is 12.0 Å².